The minimum atomic E-state index is -0.221. The van der Waals surface area contributed by atoms with Crippen molar-refractivity contribution >= 4 is 0 Å². The molecule has 0 fully saturated rings. The van der Waals surface area contributed by atoms with E-state index in [4.69, 9.17) is 0 Å². The third-order valence-corrected chi connectivity index (χ3v) is 4.31. The van der Waals surface area contributed by atoms with Gasteiger partial charge >= 0.3 is 0 Å². The molecule has 25 heavy (non-hydrogen) atoms. The summed E-state index contributed by atoms with van der Waals surface area (Å²) in [5.74, 6) is -0.221. The van der Waals surface area contributed by atoms with E-state index in [1.165, 1.54) is 0 Å². The molecule has 1 heteroatoms. The van der Waals surface area contributed by atoms with Crippen molar-refractivity contribution in [3.05, 3.63) is 109 Å². The van der Waals surface area contributed by atoms with Crippen LogP contribution in [0.5, 0.6) is 0 Å². The Hall–Kier alpha value is -3.19. The number of benzene rings is 4. The van der Waals surface area contributed by atoms with E-state index in [0.29, 0.717) is 0 Å². The van der Waals surface area contributed by atoms with Crippen LogP contribution in [-0.2, 0) is 0 Å². The van der Waals surface area contributed by atoms with Gasteiger partial charge in [-0.2, -0.15) is 0 Å². The molecule has 4 aromatic rings. The second-order valence-electron chi connectivity index (χ2n) is 6.04. The van der Waals surface area contributed by atoms with E-state index in [2.05, 4.69) is 24.3 Å². The molecule has 0 saturated heterocycles. The Bertz CT molecular complexity index is 989. The standard InChI is InChI=1S/C24H17F/c25-24-16-22(19-10-5-2-6-11-19)15-23(17-24)21-13-7-12-20(14-21)18-8-3-1-4-9-18/h1-17H. The summed E-state index contributed by atoms with van der Waals surface area (Å²) in [5.41, 5.74) is 6.09. The minimum Gasteiger partial charge on any atom is -0.207 e. The molecule has 120 valence electrons. The molecule has 0 bridgehead atoms. The van der Waals surface area contributed by atoms with Crippen LogP contribution >= 0.6 is 0 Å². The highest BCUT2D eigenvalue weighted by Gasteiger charge is 2.06. The highest BCUT2D eigenvalue weighted by atomic mass is 19.1. The normalized spacial score (nSPS) is 10.6. The van der Waals surface area contributed by atoms with Crippen LogP contribution in [0.4, 0.5) is 4.39 Å². The topological polar surface area (TPSA) is 0 Å². The Morgan fingerprint density at radius 2 is 0.760 bits per heavy atom. The zero-order valence-corrected chi connectivity index (χ0v) is 13.7. The lowest BCUT2D eigenvalue weighted by atomic mass is 9.96. The van der Waals surface area contributed by atoms with Crippen LogP contribution in [0.1, 0.15) is 0 Å². The molecule has 0 atom stereocenters. The molecule has 0 N–H and O–H groups in total. The predicted octanol–water partition coefficient (Wildman–Crippen LogP) is 6.83. The number of hydrogen-bond donors (Lipinski definition) is 0. The van der Waals surface area contributed by atoms with Gasteiger partial charge in [0.25, 0.3) is 0 Å². The van der Waals surface area contributed by atoms with Crippen LogP contribution in [0.2, 0.25) is 0 Å². The molecule has 0 aliphatic carbocycles. The maximum Gasteiger partial charge on any atom is 0.124 e. The molecular formula is C24H17F. The fourth-order valence-corrected chi connectivity index (χ4v) is 3.06. The molecular weight excluding hydrogens is 307 g/mol. The molecule has 0 aliphatic heterocycles. The Kier molecular flexibility index (Phi) is 4.14. The summed E-state index contributed by atoms with van der Waals surface area (Å²) in [5, 5.41) is 0. The van der Waals surface area contributed by atoms with Gasteiger partial charge in [-0.25, -0.2) is 4.39 Å². The fraction of sp³-hybridized carbons (Fsp3) is 0. The van der Waals surface area contributed by atoms with Crippen molar-refractivity contribution in [1.82, 2.24) is 0 Å². The van der Waals surface area contributed by atoms with Crippen LogP contribution in [0.3, 0.4) is 0 Å². The van der Waals surface area contributed by atoms with E-state index in [1.54, 1.807) is 12.1 Å². The molecule has 0 spiro atoms. The molecule has 0 saturated carbocycles. The van der Waals surface area contributed by atoms with Crippen molar-refractivity contribution in [2.75, 3.05) is 0 Å². The second-order valence-corrected chi connectivity index (χ2v) is 6.04. The lowest BCUT2D eigenvalue weighted by molar-refractivity contribution is 0.629. The summed E-state index contributed by atoms with van der Waals surface area (Å²) in [7, 11) is 0. The minimum absolute atomic E-state index is 0.221. The Labute approximate surface area is 147 Å². The number of hydrogen-bond acceptors (Lipinski definition) is 0. The first kappa shape index (κ1) is 15.3. The van der Waals surface area contributed by atoms with Crippen molar-refractivity contribution in [2.24, 2.45) is 0 Å². The van der Waals surface area contributed by atoms with Gasteiger partial charge in [0.05, 0.1) is 0 Å². The van der Waals surface area contributed by atoms with Crippen molar-refractivity contribution in [1.29, 1.82) is 0 Å². The van der Waals surface area contributed by atoms with E-state index in [0.717, 1.165) is 33.4 Å². The Morgan fingerprint density at radius 3 is 1.36 bits per heavy atom. The lowest BCUT2D eigenvalue weighted by Crippen LogP contribution is -1.86. The number of rotatable bonds is 3. The Morgan fingerprint density at radius 1 is 0.360 bits per heavy atom. The van der Waals surface area contributed by atoms with Crippen LogP contribution in [0, 0.1) is 5.82 Å². The van der Waals surface area contributed by atoms with E-state index >= 15 is 0 Å². The van der Waals surface area contributed by atoms with Crippen LogP contribution in [0.15, 0.2) is 103 Å². The zero-order valence-electron chi connectivity index (χ0n) is 13.7. The molecule has 4 aromatic carbocycles. The van der Waals surface area contributed by atoms with Crippen molar-refractivity contribution in [2.45, 2.75) is 0 Å². The third kappa shape index (κ3) is 3.36. The zero-order chi connectivity index (χ0) is 17.1. The molecule has 0 amide bonds. The lowest BCUT2D eigenvalue weighted by Gasteiger charge is -2.09. The molecule has 0 heterocycles. The van der Waals surface area contributed by atoms with E-state index in [-0.39, 0.29) is 5.82 Å². The summed E-state index contributed by atoms with van der Waals surface area (Å²) in [4.78, 5) is 0. The van der Waals surface area contributed by atoms with Crippen LogP contribution in [0.25, 0.3) is 33.4 Å². The molecule has 4 rings (SSSR count). The largest absolute Gasteiger partial charge is 0.207 e. The first-order valence-corrected chi connectivity index (χ1v) is 8.31. The first-order chi connectivity index (χ1) is 12.3. The summed E-state index contributed by atoms with van der Waals surface area (Å²) in [6.45, 7) is 0. The molecule has 0 aromatic heterocycles. The monoisotopic (exact) mass is 324 g/mol. The van der Waals surface area contributed by atoms with Gasteiger partial charge in [0, 0.05) is 0 Å². The summed E-state index contributed by atoms with van der Waals surface area (Å²) < 4.78 is 14.2. The van der Waals surface area contributed by atoms with E-state index in [1.807, 2.05) is 66.7 Å². The summed E-state index contributed by atoms with van der Waals surface area (Å²) in [6.07, 6.45) is 0. The number of halogens is 1. The van der Waals surface area contributed by atoms with Crippen LogP contribution in [-0.4, -0.2) is 0 Å². The molecule has 0 radical (unpaired) electrons. The van der Waals surface area contributed by atoms with Gasteiger partial charge in [-0.1, -0.05) is 78.9 Å². The Balaban J connectivity index is 1.79. The van der Waals surface area contributed by atoms with Gasteiger partial charge < -0.3 is 0 Å². The quantitative estimate of drug-likeness (QED) is 0.387. The highest BCUT2D eigenvalue weighted by molar-refractivity contribution is 5.77. The average Bonchev–Trinajstić information content (AvgIpc) is 2.69. The second kappa shape index (κ2) is 6.74. The molecule has 0 aliphatic rings. The SMILES string of the molecule is Fc1cc(-c2ccccc2)cc(-c2cccc(-c3ccccc3)c2)c1. The smallest absolute Gasteiger partial charge is 0.124 e. The van der Waals surface area contributed by atoms with Crippen molar-refractivity contribution in [3.8, 4) is 33.4 Å². The fourth-order valence-electron chi connectivity index (χ4n) is 3.06. The van der Waals surface area contributed by atoms with Gasteiger partial charge in [-0.3, -0.25) is 0 Å². The van der Waals surface area contributed by atoms with Crippen molar-refractivity contribution in [3.63, 3.8) is 0 Å². The van der Waals surface area contributed by atoms with E-state index < -0.39 is 0 Å². The highest BCUT2D eigenvalue weighted by Crippen LogP contribution is 2.30. The summed E-state index contributed by atoms with van der Waals surface area (Å²) in [6, 6.07) is 33.6. The maximum absolute atomic E-state index is 14.2. The van der Waals surface area contributed by atoms with E-state index in [9.17, 15) is 4.39 Å². The van der Waals surface area contributed by atoms with Crippen molar-refractivity contribution < 1.29 is 4.39 Å². The predicted molar refractivity (Wildman–Crippen MR) is 103 cm³/mol. The first-order valence-electron chi connectivity index (χ1n) is 8.31. The molecule has 0 nitrogen and oxygen atoms in total. The maximum atomic E-state index is 14.2. The van der Waals surface area contributed by atoms with Gasteiger partial charge in [0.15, 0.2) is 0 Å². The van der Waals surface area contributed by atoms with Gasteiger partial charge in [0.1, 0.15) is 5.82 Å². The van der Waals surface area contributed by atoms with Gasteiger partial charge in [-0.15, -0.1) is 0 Å². The van der Waals surface area contributed by atoms with Gasteiger partial charge in [-0.05, 0) is 57.6 Å². The third-order valence-electron chi connectivity index (χ3n) is 4.31. The average molecular weight is 324 g/mol. The summed E-state index contributed by atoms with van der Waals surface area (Å²) >= 11 is 0. The molecule has 0 unspecified atom stereocenters. The van der Waals surface area contributed by atoms with Crippen LogP contribution < -0.4 is 0 Å². The van der Waals surface area contributed by atoms with Gasteiger partial charge in [0.2, 0.25) is 0 Å².